The molecule has 0 aliphatic carbocycles. The molecule has 9 heteroatoms. The maximum atomic E-state index is 12.3. The number of unbranched alkanes of at least 4 members (excludes halogenated alkanes) is 13. The maximum Gasteiger partial charge on any atom is 0.469 e. The Labute approximate surface area is 261 Å². The molecule has 0 rings (SSSR count). The molecule has 0 spiro atoms. The number of hydrogen-bond donors (Lipinski definition) is 2. The molecule has 0 bridgehead atoms. The van der Waals surface area contributed by atoms with E-state index in [1.54, 1.807) is 0 Å². The molecule has 43 heavy (non-hydrogen) atoms. The van der Waals surface area contributed by atoms with Gasteiger partial charge in [-0.25, -0.2) is 4.57 Å². The number of esters is 2. The quantitative estimate of drug-likeness (QED) is 0.0277. The Hall–Kier alpha value is -1.99. The molecule has 0 aromatic heterocycles. The summed E-state index contributed by atoms with van der Waals surface area (Å²) in [4.78, 5) is 42.5. The fraction of sp³-hybridized carbons (Fsp3) is 0.706. The first-order valence-electron chi connectivity index (χ1n) is 16.5. The van der Waals surface area contributed by atoms with Gasteiger partial charge in [0.25, 0.3) is 0 Å². The van der Waals surface area contributed by atoms with E-state index >= 15 is 0 Å². The number of phosphoric acid groups is 1. The molecule has 0 aromatic rings. The van der Waals surface area contributed by atoms with Gasteiger partial charge in [-0.3, -0.25) is 14.1 Å². The second-order valence-corrected chi connectivity index (χ2v) is 12.1. The van der Waals surface area contributed by atoms with Crippen molar-refractivity contribution in [3.8, 4) is 0 Å². The average molecular weight is 627 g/mol. The first kappa shape index (κ1) is 41.0. The molecule has 0 radical (unpaired) electrons. The topological polar surface area (TPSA) is 119 Å². The number of phosphoric ester groups is 1. The molecule has 0 aliphatic heterocycles. The van der Waals surface area contributed by atoms with Crippen LogP contribution in [0.5, 0.6) is 0 Å². The predicted molar refractivity (Wildman–Crippen MR) is 174 cm³/mol. The van der Waals surface area contributed by atoms with E-state index in [-0.39, 0.29) is 19.4 Å². The van der Waals surface area contributed by atoms with Crippen LogP contribution in [0.2, 0.25) is 0 Å². The maximum absolute atomic E-state index is 12.3. The van der Waals surface area contributed by atoms with E-state index in [4.69, 9.17) is 19.3 Å². The van der Waals surface area contributed by atoms with Crippen LogP contribution in [0, 0.1) is 0 Å². The third-order valence-corrected chi connectivity index (χ3v) is 7.13. The van der Waals surface area contributed by atoms with Gasteiger partial charge < -0.3 is 19.3 Å². The van der Waals surface area contributed by atoms with Gasteiger partial charge in [-0.05, 0) is 57.8 Å². The van der Waals surface area contributed by atoms with Crippen LogP contribution in [-0.4, -0.2) is 41.0 Å². The molecule has 0 heterocycles. The van der Waals surface area contributed by atoms with Crippen molar-refractivity contribution in [2.24, 2.45) is 0 Å². The summed E-state index contributed by atoms with van der Waals surface area (Å²) in [5, 5.41) is 0. The van der Waals surface area contributed by atoms with E-state index in [0.717, 1.165) is 77.0 Å². The van der Waals surface area contributed by atoms with Gasteiger partial charge in [0.15, 0.2) is 6.10 Å². The Morgan fingerprint density at radius 3 is 1.72 bits per heavy atom. The van der Waals surface area contributed by atoms with E-state index < -0.39 is 32.5 Å². The van der Waals surface area contributed by atoms with Crippen molar-refractivity contribution in [1.82, 2.24) is 0 Å². The van der Waals surface area contributed by atoms with Gasteiger partial charge in [0.1, 0.15) is 6.61 Å². The van der Waals surface area contributed by atoms with Crippen molar-refractivity contribution in [1.29, 1.82) is 0 Å². The Morgan fingerprint density at radius 1 is 0.628 bits per heavy atom. The third-order valence-electron chi connectivity index (χ3n) is 6.64. The molecular weight excluding hydrogens is 567 g/mol. The molecule has 0 fully saturated rings. The van der Waals surface area contributed by atoms with Crippen molar-refractivity contribution in [2.75, 3.05) is 13.2 Å². The van der Waals surface area contributed by atoms with Crippen LogP contribution in [0.15, 0.2) is 48.6 Å². The fourth-order valence-corrected chi connectivity index (χ4v) is 4.55. The van der Waals surface area contributed by atoms with Crippen LogP contribution >= 0.6 is 7.82 Å². The average Bonchev–Trinajstić information content (AvgIpc) is 2.97. The number of rotatable bonds is 29. The lowest BCUT2D eigenvalue weighted by atomic mass is 10.1. The molecule has 8 nitrogen and oxygen atoms in total. The fourth-order valence-electron chi connectivity index (χ4n) is 4.19. The predicted octanol–water partition coefficient (Wildman–Crippen LogP) is 9.23. The van der Waals surface area contributed by atoms with E-state index in [1.807, 2.05) is 18.2 Å². The van der Waals surface area contributed by atoms with Crippen LogP contribution in [0.25, 0.3) is 0 Å². The minimum Gasteiger partial charge on any atom is -0.462 e. The Bertz CT molecular complexity index is 843. The summed E-state index contributed by atoms with van der Waals surface area (Å²) < 4.78 is 26.2. The minimum absolute atomic E-state index is 0.185. The highest BCUT2D eigenvalue weighted by Gasteiger charge is 2.22. The molecule has 2 N–H and O–H groups in total. The summed E-state index contributed by atoms with van der Waals surface area (Å²) in [6, 6.07) is 0. The van der Waals surface area contributed by atoms with Crippen molar-refractivity contribution >= 4 is 19.8 Å². The normalized spacial score (nSPS) is 13.1. The summed E-state index contributed by atoms with van der Waals surface area (Å²) in [5.41, 5.74) is 0. The van der Waals surface area contributed by atoms with Crippen molar-refractivity contribution in [3.05, 3.63) is 48.6 Å². The summed E-state index contributed by atoms with van der Waals surface area (Å²) in [6.45, 7) is 3.46. The molecule has 1 unspecified atom stereocenters. The van der Waals surface area contributed by atoms with Gasteiger partial charge in [0, 0.05) is 12.8 Å². The van der Waals surface area contributed by atoms with Gasteiger partial charge in [0.2, 0.25) is 0 Å². The minimum atomic E-state index is -4.75. The van der Waals surface area contributed by atoms with Crippen LogP contribution in [0.1, 0.15) is 136 Å². The molecule has 0 saturated carbocycles. The van der Waals surface area contributed by atoms with Crippen molar-refractivity contribution in [2.45, 2.75) is 142 Å². The van der Waals surface area contributed by atoms with E-state index in [1.165, 1.54) is 19.3 Å². The zero-order chi connectivity index (χ0) is 31.9. The summed E-state index contributed by atoms with van der Waals surface area (Å²) in [5.74, 6) is -0.926. The first-order chi connectivity index (χ1) is 20.8. The number of ether oxygens (including phenoxy) is 2. The highest BCUT2D eigenvalue weighted by Crippen LogP contribution is 2.35. The number of carbonyl (C=O) groups is 2. The molecule has 0 saturated heterocycles. The molecule has 0 aliphatic rings. The summed E-state index contributed by atoms with van der Waals surface area (Å²) >= 11 is 0. The van der Waals surface area contributed by atoms with Crippen molar-refractivity contribution in [3.63, 3.8) is 0 Å². The number of hydrogen-bond acceptors (Lipinski definition) is 6. The van der Waals surface area contributed by atoms with Gasteiger partial charge in [0.05, 0.1) is 6.61 Å². The molecule has 0 aromatic carbocycles. The Kier molecular flexibility index (Phi) is 28.7. The summed E-state index contributed by atoms with van der Waals surface area (Å²) in [6.07, 6.45) is 34.1. The molecule has 248 valence electrons. The second kappa shape index (κ2) is 30.1. The number of allylic oxidation sites excluding steroid dienone is 8. The van der Waals surface area contributed by atoms with Crippen molar-refractivity contribution < 1.29 is 37.9 Å². The Morgan fingerprint density at radius 2 is 1.14 bits per heavy atom. The van der Waals surface area contributed by atoms with Gasteiger partial charge in [-0.2, -0.15) is 0 Å². The highest BCUT2D eigenvalue weighted by molar-refractivity contribution is 7.46. The highest BCUT2D eigenvalue weighted by atomic mass is 31.2. The molecular formula is C34H59O8P. The lowest BCUT2D eigenvalue weighted by molar-refractivity contribution is -0.161. The second-order valence-electron chi connectivity index (χ2n) is 10.8. The zero-order valence-corrected chi connectivity index (χ0v) is 27.7. The Balaban J connectivity index is 4.09. The lowest BCUT2D eigenvalue weighted by Gasteiger charge is -2.18. The zero-order valence-electron chi connectivity index (χ0n) is 26.8. The standard InChI is InChI=1S/C34H59O8P/c1-3-5-7-9-11-13-15-17-19-21-23-25-27-29-34(36)42-32(31-41-43(37,38)39)30-40-33(35)28-26-24-22-20-18-16-14-12-10-8-6-4-2/h5,7,9,11-15,32H,3-4,6,8,10,16-31H2,1-2H3,(H2,37,38,39)/b7-5+,11-9+,14-12+,15-13+. The van der Waals surface area contributed by atoms with Gasteiger partial charge >= 0.3 is 19.8 Å². The van der Waals surface area contributed by atoms with E-state index in [0.29, 0.717) is 12.8 Å². The number of carbonyl (C=O) groups excluding carboxylic acids is 2. The lowest BCUT2D eigenvalue weighted by Crippen LogP contribution is -2.29. The van der Waals surface area contributed by atoms with Crippen LogP contribution < -0.4 is 0 Å². The third kappa shape index (κ3) is 32.8. The van der Waals surface area contributed by atoms with E-state index in [2.05, 4.69) is 48.8 Å². The largest absolute Gasteiger partial charge is 0.469 e. The van der Waals surface area contributed by atoms with Gasteiger partial charge in [-0.1, -0.05) is 114 Å². The van der Waals surface area contributed by atoms with Crippen LogP contribution in [-0.2, 0) is 28.2 Å². The van der Waals surface area contributed by atoms with Gasteiger partial charge in [-0.15, -0.1) is 0 Å². The summed E-state index contributed by atoms with van der Waals surface area (Å²) in [7, 11) is -4.75. The first-order valence-corrected chi connectivity index (χ1v) is 18.0. The SMILES string of the molecule is CC/C=C/C=C/C=C/CCCCCCCC(=O)OC(COC(=O)CCCCCCC/C=C/CCCCC)COP(=O)(O)O. The van der Waals surface area contributed by atoms with Crippen LogP contribution in [0.4, 0.5) is 0 Å². The molecule has 1 atom stereocenters. The monoisotopic (exact) mass is 626 g/mol. The smallest absolute Gasteiger partial charge is 0.462 e. The van der Waals surface area contributed by atoms with Crippen LogP contribution in [0.3, 0.4) is 0 Å². The van der Waals surface area contributed by atoms with E-state index in [9.17, 15) is 14.2 Å². The molecule has 0 amide bonds.